The lowest BCUT2D eigenvalue weighted by Crippen LogP contribution is -2.43. The van der Waals surface area contributed by atoms with Gasteiger partial charge < -0.3 is 10.2 Å². The normalized spacial score (nSPS) is 15.4. The molecule has 0 radical (unpaired) electrons. The van der Waals surface area contributed by atoms with Gasteiger partial charge in [0, 0.05) is 18.6 Å². The number of likely N-dealkylation sites (N-methyl/N-ethyl adjacent to an activating group) is 2. The van der Waals surface area contributed by atoms with E-state index in [1.54, 1.807) is 0 Å². The number of hydrogen-bond donors (Lipinski definition) is 1. The Balaban J connectivity index is 2.75. The minimum atomic E-state index is 0.305. The summed E-state index contributed by atoms with van der Waals surface area (Å²) in [5.74, 6) is 0. The van der Waals surface area contributed by atoms with E-state index in [0.29, 0.717) is 17.5 Å². The molecule has 0 aliphatic heterocycles. The van der Waals surface area contributed by atoms with Crippen molar-refractivity contribution < 1.29 is 0 Å². The van der Waals surface area contributed by atoms with Crippen LogP contribution >= 0.6 is 0 Å². The van der Waals surface area contributed by atoms with Crippen LogP contribution in [0.1, 0.15) is 51.8 Å². The van der Waals surface area contributed by atoms with Crippen molar-refractivity contribution in [3.63, 3.8) is 0 Å². The van der Waals surface area contributed by atoms with Crippen LogP contribution in [0, 0.1) is 5.41 Å². The van der Waals surface area contributed by atoms with Crippen LogP contribution < -0.4 is 5.32 Å². The Morgan fingerprint density at radius 2 is 1.70 bits per heavy atom. The van der Waals surface area contributed by atoms with Crippen molar-refractivity contribution in [3.05, 3.63) is 35.4 Å². The second-order valence-electron chi connectivity index (χ2n) is 6.92. The van der Waals surface area contributed by atoms with Crippen LogP contribution in [-0.4, -0.2) is 31.6 Å². The molecule has 0 fully saturated rings. The van der Waals surface area contributed by atoms with E-state index in [2.05, 4.69) is 76.1 Å². The molecule has 2 heteroatoms. The van der Waals surface area contributed by atoms with E-state index in [4.69, 9.17) is 0 Å². The third-order valence-electron chi connectivity index (χ3n) is 4.52. The molecule has 0 aliphatic carbocycles. The van der Waals surface area contributed by atoms with E-state index in [-0.39, 0.29) is 0 Å². The highest BCUT2D eigenvalue weighted by atomic mass is 15.2. The van der Waals surface area contributed by atoms with Gasteiger partial charge in [0.25, 0.3) is 0 Å². The lowest BCUT2D eigenvalue weighted by atomic mass is 9.87. The van der Waals surface area contributed by atoms with Crippen LogP contribution in [-0.2, 0) is 6.42 Å². The van der Waals surface area contributed by atoms with E-state index in [0.717, 1.165) is 13.0 Å². The number of rotatable bonds is 6. The van der Waals surface area contributed by atoms with Gasteiger partial charge in [0.05, 0.1) is 0 Å². The molecule has 20 heavy (non-hydrogen) atoms. The quantitative estimate of drug-likeness (QED) is 0.848. The Kier molecular flexibility index (Phi) is 6.22. The number of benzene rings is 1. The number of aryl methyl sites for hydroxylation is 1. The third-order valence-corrected chi connectivity index (χ3v) is 4.52. The fourth-order valence-electron chi connectivity index (χ4n) is 2.46. The zero-order chi connectivity index (χ0) is 15.3. The van der Waals surface area contributed by atoms with E-state index in [1.807, 2.05) is 7.05 Å². The Bertz CT molecular complexity index is 389. The largest absolute Gasteiger partial charge is 0.312 e. The number of nitrogens with one attached hydrogen (secondary N) is 1. The van der Waals surface area contributed by atoms with Gasteiger partial charge in [-0.05, 0) is 44.0 Å². The van der Waals surface area contributed by atoms with Crippen LogP contribution in [0.4, 0.5) is 0 Å². The smallest absolute Gasteiger partial charge is 0.0446 e. The third kappa shape index (κ3) is 4.60. The van der Waals surface area contributed by atoms with Gasteiger partial charge in [-0.1, -0.05) is 52.0 Å². The number of hydrogen-bond acceptors (Lipinski definition) is 2. The molecule has 114 valence electrons. The summed E-state index contributed by atoms with van der Waals surface area (Å²) in [6.45, 7) is 12.5. The minimum absolute atomic E-state index is 0.305. The van der Waals surface area contributed by atoms with E-state index >= 15 is 0 Å². The summed E-state index contributed by atoms with van der Waals surface area (Å²) in [6.07, 6.45) is 1.10. The molecule has 0 aliphatic rings. The molecule has 0 amide bonds. The summed E-state index contributed by atoms with van der Waals surface area (Å²) in [7, 11) is 4.27. The average molecular weight is 276 g/mol. The van der Waals surface area contributed by atoms with Crippen LogP contribution in [0.25, 0.3) is 0 Å². The molecule has 1 aromatic carbocycles. The molecule has 2 unspecified atom stereocenters. The van der Waals surface area contributed by atoms with Gasteiger partial charge in [-0.2, -0.15) is 0 Å². The van der Waals surface area contributed by atoms with Crippen LogP contribution in [0.3, 0.4) is 0 Å². The average Bonchev–Trinajstić information content (AvgIpc) is 2.42. The van der Waals surface area contributed by atoms with Crippen molar-refractivity contribution in [1.82, 2.24) is 10.2 Å². The van der Waals surface area contributed by atoms with E-state index < -0.39 is 0 Å². The van der Waals surface area contributed by atoms with Gasteiger partial charge in [0.15, 0.2) is 0 Å². The van der Waals surface area contributed by atoms with Gasteiger partial charge in [-0.25, -0.2) is 0 Å². The van der Waals surface area contributed by atoms with Crippen molar-refractivity contribution in [2.75, 3.05) is 20.6 Å². The second kappa shape index (κ2) is 7.24. The first-order chi connectivity index (χ1) is 9.29. The molecule has 0 heterocycles. The maximum absolute atomic E-state index is 3.45. The first-order valence-corrected chi connectivity index (χ1v) is 7.76. The fraction of sp³-hybridized carbons (Fsp3) is 0.667. The minimum Gasteiger partial charge on any atom is -0.312 e. The Morgan fingerprint density at radius 3 is 2.10 bits per heavy atom. The van der Waals surface area contributed by atoms with Crippen LogP contribution in [0.15, 0.2) is 24.3 Å². The molecule has 1 rings (SSSR count). The van der Waals surface area contributed by atoms with Gasteiger partial charge in [-0.15, -0.1) is 0 Å². The Morgan fingerprint density at radius 1 is 1.15 bits per heavy atom. The van der Waals surface area contributed by atoms with Crippen LogP contribution in [0.2, 0.25) is 0 Å². The van der Waals surface area contributed by atoms with Crippen molar-refractivity contribution >= 4 is 0 Å². The molecule has 1 N–H and O–H groups in total. The molecule has 1 aromatic rings. The molecule has 0 saturated heterocycles. The fourth-order valence-corrected chi connectivity index (χ4v) is 2.46. The summed E-state index contributed by atoms with van der Waals surface area (Å²) in [5, 5.41) is 3.45. The van der Waals surface area contributed by atoms with Crippen molar-refractivity contribution in [3.8, 4) is 0 Å². The summed E-state index contributed by atoms with van der Waals surface area (Å²) in [5.41, 5.74) is 3.08. The summed E-state index contributed by atoms with van der Waals surface area (Å²) in [4.78, 5) is 2.45. The molecular formula is C18H32N2. The zero-order valence-corrected chi connectivity index (χ0v) is 14.3. The summed E-state index contributed by atoms with van der Waals surface area (Å²) in [6, 6.07) is 9.94. The van der Waals surface area contributed by atoms with Gasteiger partial charge >= 0.3 is 0 Å². The summed E-state index contributed by atoms with van der Waals surface area (Å²) >= 11 is 0. The molecule has 0 saturated carbocycles. The zero-order valence-electron chi connectivity index (χ0n) is 14.3. The molecule has 2 atom stereocenters. The van der Waals surface area contributed by atoms with Crippen molar-refractivity contribution in [2.24, 2.45) is 5.41 Å². The maximum Gasteiger partial charge on any atom is 0.0446 e. The first-order valence-electron chi connectivity index (χ1n) is 7.76. The summed E-state index contributed by atoms with van der Waals surface area (Å²) < 4.78 is 0. The maximum atomic E-state index is 3.45. The predicted octanol–water partition coefficient (Wildman–Crippen LogP) is 3.88. The second-order valence-corrected chi connectivity index (χ2v) is 6.92. The van der Waals surface area contributed by atoms with Crippen LogP contribution in [0.5, 0.6) is 0 Å². The SMILES string of the molecule is CCc1ccc(C(CN(C)C(C)C(C)(C)C)NC)cc1. The topological polar surface area (TPSA) is 15.3 Å². The monoisotopic (exact) mass is 276 g/mol. The van der Waals surface area contributed by atoms with E-state index in [9.17, 15) is 0 Å². The number of nitrogens with zero attached hydrogens (tertiary/aromatic N) is 1. The van der Waals surface area contributed by atoms with Gasteiger partial charge in [0.2, 0.25) is 0 Å². The molecule has 0 bridgehead atoms. The van der Waals surface area contributed by atoms with Crippen molar-refractivity contribution in [1.29, 1.82) is 0 Å². The molecule has 0 aromatic heterocycles. The highest BCUT2D eigenvalue weighted by Gasteiger charge is 2.25. The standard InChI is InChI=1S/C18H32N2/c1-8-15-9-11-16(12-10-15)17(19-6)13-20(7)14(2)18(3,4)5/h9-12,14,17,19H,8,13H2,1-7H3. The highest BCUT2D eigenvalue weighted by Crippen LogP contribution is 2.25. The van der Waals surface area contributed by atoms with Gasteiger partial charge in [0.1, 0.15) is 0 Å². The predicted molar refractivity (Wildman–Crippen MR) is 89.2 cm³/mol. The van der Waals surface area contributed by atoms with Crippen molar-refractivity contribution in [2.45, 2.75) is 53.1 Å². The lowest BCUT2D eigenvalue weighted by molar-refractivity contribution is 0.130. The lowest BCUT2D eigenvalue weighted by Gasteiger charge is -2.37. The molecule has 0 spiro atoms. The Labute approximate surface area is 125 Å². The molecular weight excluding hydrogens is 244 g/mol. The highest BCUT2D eigenvalue weighted by molar-refractivity contribution is 5.25. The first kappa shape index (κ1) is 17.2. The van der Waals surface area contributed by atoms with Gasteiger partial charge in [-0.3, -0.25) is 0 Å². The van der Waals surface area contributed by atoms with E-state index in [1.165, 1.54) is 11.1 Å². The molecule has 2 nitrogen and oxygen atoms in total. The Hall–Kier alpha value is -0.860.